The summed E-state index contributed by atoms with van der Waals surface area (Å²) in [6.45, 7) is 3.44. The predicted octanol–water partition coefficient (Wildman–Crippen LogP) is 4.01. The van der Waals surface area contributed by atoms with Crippen molar-refractivity contribution in [1.29, 1.82) is 0 Å². The summed E-state index contributed by atoms with van der Waals surface area (Å²) in [6, 6.07) is 0. The van der Waals surface area contributed by atoms with Gasteiger partial charge in [0.2, 0.25) is 0 Å². The minimum atomic E-state index is -6.23. The highest BCUT2D eigenvalue weighted by Gasteiger charge is 2.75. The highest BCUT2D eigenvalue weighted by Crippen LogP contribution is 2.48. The van der Waals surface area contributed by atoms with Gasteiger partial charge in [-0.25, -0.2) is 8.78 Å². The van der Waals surface area contributed by atoms with Gasteiger partial charge in [-0.05, 0) is 13.8 Å². The van der Waals surface area contributed by atoms with Crippen molar-refractivity contribution in [3.63, 3.8) is 0 Å². The van der Waals surface area contributed by atoms with E-state index in [-0.39, 0.29) is 4.48 Å². The van der Waals surface area contributed by atoms with E-state index in [4.69, 9.17) is 0 Å². The Kier molecular flexibility index (Phi) is 6.66. The zero-order valence-electron chi connectivity index (χ0n) is 12.7. The maximum atomic E-state index is 13.3. The minimum absolute atomic E-state index is 0.0624. The second kappa shape index (κ2) is 6.86. The fourth-order valence-corrected chi connectivity index (χ4v) is 1.61. The summed E-state index contributed by atoms with van der Waals surface area (Å²) < 4.78 is 107. The van der Waals surface area contributed by atoms with Crippen LogP contribution in [0.1, 0.15) is 20.8 Å². The number of ether oxygens (including phenoxy) is 1. The number of hydrogen-bond donors (Lipinski definition) is 0. The molecule has 0 aromatic rings. The molecule has 0 saturated carbocycles. The second-order valence-electron chi connectivity index (χ2n) is 5.22. The predicted molar refractivity (Wildman–Crippen MR) is 63.5 cm³/mol. The van der Waals surface area contributed by atoms with E-state index in [0.29, 0.717) is 13.1 Å². The minimum Gasteiger partial charge on any atom is -0.323 e. The van der Waals surface area contributed by atoms with Gasteiger partial charge in [0.05, 0.1) is 20.1 Å². The molecule has 0 aliphatic heterocycles. The van der Waals surface area contributed by atoms with E-state index in [1.165, 1.54) is 6.92 Å². The standard InChI is InChI=1S/C12H20F8NO/c1-5-21(4,6-2)8(3)22-7-10(15,16)12(19,20)11(17,18)9(13)14/h8-9H,5-7H2,1-4H3/q+1. The van der Waals surface area contributed by atoms with Crippen LogP contribution in [0.3, 0.4) is 0 Å². The van der Waals surface area contributed by atoms with E-state index in [1.54, 1.807) is 20.9 Å². The average molecular weight is 346 g/mol. The van der Waals surface area contributed by atoms with Crippen LogP contribution < -0.4 is 0 Å². The molecule has 1 atom stereocenters. The van der Waals surface area contributed by atoms with Crippen LogP contribution in [-0.4, -0.2) is 61.6 Å². The molecule has 0 bridgehead atoms. The Morgan fingerprint density at radius 2 is 1.36 bits per heavy atom. The van der Waals surface area contributed by atoms with Crippen LogP contribution in [0.2, 0.25) is 0 Å². The van der Waals surface area contributed by atoms with Gasteiger partial charge in [-0.3, -0.25) is 0 Å². The first-order valence-electron chi connectivity index (χ1n) is 6.57. The van der Waals surface area contributed by atoms with Gasteiger partial charge in [0, 0.05) is 6.92 Å². The molecule has 0 saturated heterocycles. The molecule has 0 fully saturated rings. The van der Waals surface area contributed by atoms with Crippen LogP contribution in [0.25, 0.3) is 0 Å². The van der Waals surface area contributed by atoms with E-state index in [2.05, 4.69) is 4.74 Å². The van der Waals surface area contributed by atoms with E-state index in [1.807, 2.05) is 0 Å². The summed E-state index contributed by atoms with van der Waals surface area (Å²) in [7, 11) is 1.59. The molecular weight excluding hydrogens is 326 g/mol. The van der Waals surface area contributed by atoms with Gasteiger partial charge < -0.3 is 9.22 Å². The van der Waals surface area contributed by atoms with Crippen LogP contribution in [0.15, 0.2) is 0 Å². The Hall–Kier alpha value is -0.640. The van der Waals surface area contributed by atoms with Gasteiger partial charge in [-0.1, -0.05) is 0 Å². The lowest BCUT2D eigenvalue weighted by molar-refractivity contribution is -0.950. The Balaban J connectivity index is 5.12. The van der Waals surface area contributed by atoms with Crippen LogP contribution in [0.4, 0.5) is 35.1 Å². The normalized spacial score (nSPS) is 16.2. The third kappa shape index (κ3) is 3.81. The van der Waals surface area contributed by atoms with Crippen LogP contribution >= 0.6 is 0 Å². The van der Waals surface area contributed by atoms with Crippen molar-refractivity contribution in [3.8, 4) is 0 Å². The van der Waals surface area contributed by atoms with Gasteiger partial charge in [0.25, 0.3) is 0 Å². The highest BCUT2D eigenvalue weighted by molar-refractivity contribution is 4.97. The molecule has 0 aromatic heterocycles. The number of hydrogen-bond acceptors (Lipinski definition) is 1. The van der Waals surface area contributed by atoms with E-state index in [9.17, 15) is 35.1 Å². The molecule has 0 N–H and O–H groups in total. The first-order valence-corrected chi connectivity index (χ1v) is 6.57. The van der Waals surface area contributed by atoms with E-state index in [0.717, 1.165) is 0 Å². The molecule has 0 aliphatic rings. The lowest BCUT2D eigenvalue weighted by atomic mass is 10.1. The fourth-order valence-electron chi connectivity index (χ4n) is 1.61. The zero-order valence-corrected chi connectivity index (χ0v) is 12.7. The molecule has 2 nitrogen and oxygen atoms in total. The maximum absolute atomic E-state index is 13.3. The Morgan fingerprint density at radius 1 is 0.955 bits per heavy atom. The maximum Gasteiger partial charge on any atom is 0.380 e. The van der Waals surface area contributed by atoms with Crippen LogP contribution in [0, 0.1) is 0 Å². The topological polar surface area (TPSA) is 9.23 Å². The average Bonchev–Trinajstić information content (AvgIpc) is 2.43. The molecule has 0 heterocycles. The number of alkyl halides is 8. The van der Waals surface area contributed by atoms with Gasteiger partial charge in [0.1, 0.15) is 6.61 Å². The molecule has 0 spiro atoms. The summed E-state index contributed by atoms with van der Waals surface area (Å²) in [4.78, 5) is 0. The zero-order chi connectivity index (χ0) is 18.0. The number of rotatable bonds is 9. The van der Waals surface area contributed by atoms with Gasteiger partial charge in [0.15, 0.2) is 6.23 Å². The lowest BCUT2D eigenvalue weighted by Crippen LogP contribution is -2.60. The summed E-state index contributed by atoms with van der Waals surface area (Å²) in [5, 5.41) is 0. The van der Waals surface area contributed by atoms with Gasteiger partial charge >= 0.3 is 24.2 Å². The molecular formula is C12H20F8NO+. The summed E-state index contributed by atoms with van der Waals surface area (Å²) in [5.41, 5.74) is 0. The number of halogens is 8. The first kappa shape index (κ1) is 21.4. The van der Waals surface area contributed by atoms with Gasteiger partial charge in [-0.15, -0.1) is 0 Å². The molecule has 0 aromatic carbocycles. The molecule has 0 rings (SSSR count). The lowest BCUT2D eigenvalue weighted by Gasteiger charge is -2.39. The Morgan fingerprint density at radius 3 is 1.68 bits per heavy atom. The molecule has 22 heavy (non-hydrogen) atoms. The van der Waals surface area contributed by atoms with Crippen LogP contribution in [0.5, 0.6) is 0 Å². The molecule has 0 amide bonds. The first-order chi connectivity index (χ1) is 9.69. The quantitative estimate of drug-likeness (QED) is 0.348. The van der Waals surface area contributed by atoms with E-state index < -0.39 is 37.0 Å². The molecule has 10 heteroatoms. The van der Waals surface area contributed by atoms with Crippen molar-refractivity contribution in [3.05, 3.63) is 0 Å². The monoisotopic (exact) mass is 346 g/mol. The largest absolute Gasteiger partial charge is 0.380 e. The summed E-state index contributed by atoms with van der Waals surface area (Å²) >= 11 is 0. The SMILES string of the molecule is CC[N+](C)(CC)C(C)OCC(F)(F)C(F)(F)C(F)(F)C(F)F. The third-order valence-electron chi connectivity index (χ3n) is 3.98. The van der Waals surface area contributed by atoms with Gasteiger partial charge in [-0.2, -0.15) is 26.3 Å². The van der Waals surface area contributed by atoms with Crippen LogP contribution in [-0.2, 0) is 4.74 Å². The smallest absolute Gasteiger partial charge is 0.323 e. The van der Waals surface area contributed by atoms with Crippen molar-refractivity contribution >= 4 is 0 Å². The molecule has 0 aliphatic carbocycles. The Bertz CT molecular complexity index is 357. The molecule has 1 unspecified atom stereocenters. The number of quaternary nitrogens is 1. The summed E-state index contributed by atoms with van der Waals surface area (Å²) in [5.74, 6) is -17.8. The Labute approximate surface area is 123 Å². The van der Waals surface area contributed by atoms with Crippen molar-refractivity contribution in [1.82, 2.24) is 0 Å². The highest BCUT2D eigenvalue weighted by atomic mass is 19.4. The molecule has 134 valence electrons. The van der Waals surface area contributed by atoms with Crippen molar-refractivity contribution in [2.24, 2.45) is 0 Å². The second-order valence-corrected chi connectivity index (χ2v) is 5.22. The van der Waals surface area contributed by atoms with Crippen molar-refractivity contribution in [2.45, 2.75) is 51.2 Å². The summed E-state index contributed by atoms with van der Waals surface area (Å²) in [6.07, 6.45) is -5.92. The fraction of sp³-hybridized carbons (Fsp3) is 1.00. The van der Waals surface area contributed by atoms with Crippen molar-refractivity contribution in [2.75, 3.05) is 26.7 Å². The number of nitrogens with zero attached hydrogens (tertiary/aromatic N) is 1. The van der Waals surface area contributed by atoms with E-state index >= 15 is 0 Å². The molecule has 0 radical (unpaired) electrons. The van der Waals surface area contributed by atoms with Crippen molar-refractivity contribution < 1.29 is 44.3 Å². The third-order valence-corrected chi connectivity index (χ3v) is 3.98.